The number of fused-ring (bicyclic) bond motifs is 4. The highest BCUT2D eigenvalue weighted by atomic mass is 14.8. The summed E-state index contributed by atoms with van der Waals surface area (Å²) in [5.74, 6) is 0. The van der Waals surface area contributed by atoms with Crippen molar-refractivity contribution in [3.05, 3.63) is 79.1 Å². The van der Waals surface area contributed by atoms with Gasteiger partial charge in [0, 0.05) is 10.9 Å². The highest BCUT2D eigenvalue weighted by molar-refractivity contribution is 6.18. The van der Waals surface area contributed by atoms with E-state index in [1.54, 1.807) is 6.33 Å². The number of benzene rings is 4. The summed E-state index contributed by atoms with van der Waals surface area (Å²) < 4.78 is 0. The van der Waals surface area contributed by atoms with Crippen molar-refractivity contribution in [2.24, 2.45) is 0 Å². The molecule has 0 spiro atoms. The van der Waals surface area contributed by atoms with Gasteiger partial charge in [-0.3, -0.25) is 0 Å². The summed E-state index contributed by atoms with van der Waals surface area (Å²) >= 11 is 0. The molecule has 0 saturated carbocycles. The van der Waals surface area contributed by atoms with Crippen LogP contribution in [-0.4, -0.2) is 9.97 Å². The highest BCUT2D eigenvalue weighted by Gasteiger charge is 2.13. The van der Waals surface area contributed by atoms with Crippen molar-refractivity contribution < 1.29 is 0 Å². The molecule has 5 rings (SSSR count). The van der Waals surface area contributed by atoms with Gasteiger partial charge in [-0.2, -0.15) is 0 Å². The normalized spacial score (nSPS) is 11.4. The molecule has 0 aliphatic heterocycles. The summed E-state index contributed by atoms with van der Waals surface area (Å²) in [6, 6.07) is 24.9. The lowest BCUT2D eigenvalue weighted by molar-refractivity contribution is 1.23. The van der Waals surface area contributed by atoms with Gasteiger partial charge < -0.3 is 5.73 Å². The highest BCUT2D eigenvalue weighted by Crippen LogP contribution is 2.36. The summed E-state index contributed by atoms with van der Waals surface area (Å²) in [7, 11) is 0. The summed E-state index contributed by atoms with van der Waals surface area (Å²) in [4.78, 5) is 9.04. The van der Waals surface area contributed by atoms with Crippen LogP contribution in [0.1, 0.15) is 0 Å². The smallest absolute Gasteiger partial charge is 0.116 e. The minimum Gasteiger partial charge on any atom is -0.397 e. The van der Waals surface area contributed by atoms with Gasteiger partial charge in [0.25, 0.3) is 0 Å². The Labute approximate surface area is 144 Å². The fourth-order valence-electron chi connectivity index (χ4n) is 3.50. The Hall–Kier alpha value is -3.46. The van der Waals surface area contributed by atoms with Crippen LogP contribution in [-0.2, 0) is 0 Å². The van der Waals surface area contributed by atoms with Gasteiger partial charge in [-0.05, 0) is 39.7 Å². The predicted octanol–water partition coefficient (Wildman–Crippen LogP) is 5.19. The molecule has 1 aromatic heterocycles. The predicted molar refractivity (Wildman–Crippen MR) is 104 cm³/mol. The Balaban J connectivity index is 2.01. The lowest BCUT2D eigenvalue weighted by Gasteiger charge is -2.12. The van der Waals surface area contributed by atoms with Gasteiger partial charge in [-0.1, -0.05) is 54.6 Å². The van der Waals surface area contributed by atoms with Crippen LogP contribution in [0, 0.1) is 0 Å². The number of rotatable bonds is 1. The SMILES string of the molecule is Nc1cc2cc3ccccc3cc2c2c(-c3ccccc3)ncnc12. The van der Waals surface area contributed by atoms with Gasteiger partial charge in [0.05, 0.1) is 16.9 Å². The molecule has 0 radical (unpaired) electrons. The molecule has 0 aliphatic rings. The van der Waals surface area contributed by atoms with Gasteiger partial charge in [0.2, 0.25) is 0 Å². The second kappa shape index (κ2) is 5.28. The average Bonchev–Trinajstić information content (AvgIpc) is 2.67. The summed E-state index contributed by atoms with van der Waals surface area (Å²) in [6.07, 6.45) is 1.59. The topological polar surface area (TPSA) is 51.8 Å². The minimum absolute atomic E-state index is 0.678. The first-order chi connectivity index (χ1) is 12.3. The van der Waals surface area contributed by atoms with Gasteiger partial charge in [0.15, 0.2) is 0 Å². The maximum Gasteiger partial charge on any atom is 0.116 e. The third-order valence-corrected chi connectivity index (χ3v) is 4.67. The number of nitrogen functional groups attached to an aromatic ring is 1. The molecule has 4 aromatic carbocycles. The molecular weight excluding hydrogens is 306 g/mol. The molecule has 0 atom stereocenters. The first-order valence-corrected chi connectivity index (χ1v) is 8.22. The molecule has 0 saturated heterocycles. The van der Waals surface area contributed by atoms with Crippen LogP contribution in [0.15, 0.2) is 79.1 Å². The maximum absolute atomic E-state index is 6.32. The molecule has 3 heteroatoms. The van der Waals surface area contributed by atoms with Crippen molar-refractivity contribution in [3.63, 3.8) is 0 Å². The van der Waals surface area contributed by atoms with Crippen LogP contribution in [0.25, 0.3) is 43.7 Å². The van der Waals surface area contributed by atoms with E-state index >= 15 is 0 Å². The number of nitrogens with zero attached hydrogens (tertiary/aromatic N) is 2. The molecule has 5 aromatic rings. The van der Waals surface area contributed by atoms with E-state index in [1.807, 2.05) is 24.3 Å². The number of nitrogens with two attached hydrogens (primary N) is 1. The van der Waals surface area contributed by atoms with Gasteiger partial charge in [-0.25, -0.2) is 9.97 Å². The molecule has 118 valence electrons. The number of hydrogen-bond donors (Lipinski definition) is 1. The van der Waals surface area contributed by atoms with Crippen molar-refractivity contribution >= 4 is 38.1 Å². The molecule has 2 N–H and O–H groups in total. The Morgan fingerprint density at radius 1 is 0.680 bits per heavy atom. The van der Waals surface area contributed by atoms with Crippen LogP contribution >= 0.6 is 0 Å². The Kier molecular flexibility index (Phi) is 2.94. The monoisotopic (exact) mass is 321 g/mol. The van der Waals surface area contributed by atoms with Crippen molar-refractivity contribution in [1.29, 1.82) is 0 Å². The zero-order chi connectivity index (χ0) is 16.8. The Morgan fingerprint density at radius 2 is 1.40 bits per heavy atom. The molecule has 1 heterocycles. The van der Waals surface area contributed by atoms with E-state index in [4.69, 9.17) is 5.73 Å². The quantitative estimate of drug-likeness (QED) is 0.263. The van der Waals surface area contributed by atoms with E-state index in [0.717, 1.165) is 32.9 Å². The number of anilines is 1. The Bertz CT molecular complexity index is 1240. The zero-order valence-corrected chi connectivity index (χ0v) is 13.5. The molecule has 0 fully saturated rings. The van der Waals surface area contributed by atoms with Gasteiger partial charge in [0.1, 0.15) is 6.33 Å². The Morgan fingerprint density at radius 3 is 2.20 bits per heavy atom. The van der Waals surface area contributed by atoms with Crippen LogP contribution in [0.4, 0.5) is 5.69 Å². The van der Waals surface area contributed by atoms with Crippen LogP contribution in [0.3, 0.4) is 0 Å². The summed E-state index contributed by atoms with van der Waals surface area (Å²) in [6.45, 7) is 0. The largest absolute Gasteiger partial charge is 0.397 e. The molecule has 25 heavy (non-hydrogen) atoms. The first-order valence-electron chi connectivity index (χ1n) is 8.22. The lowest BCUT2D eigenvalue weighted by Crippen LogP contribution is -1.95. The lowest BCUT2D eigenvalue weighted by atomic mass is 9.96. The molecule has 0 unspecified atom stereocenters. The van der Waals surface area contributed by atoms with Crippen molar-refractivity contribution in [3.8, 4) is 11.3 Å². The second-order valence-corrected chi connectivity index (χ2v) is 6.20. The van der Waals surface area contributed by atoms with E-state index in [9.17, 15) is 0 Å². The van der Waals surface area contributed by atoms with Crippen LogP contribution in [0.5, 0.6) is 0 Å². The molecule has 0 aliphatic carbocycles. The molecule has 3 nitrogen and oxygen atoms in total. The second-order valence-electron chi connectivity index (χ2n) is 6.20. The summed E-state index contributed by atoms with van der Waals surface area (Å²) in [5, 5.41) is 5.64. The third-order valence-electron chi connectivity index (χ3n) is 4.67. The standard InChI is InChI=1S/C22H15N3/c23-19-12-17-10-15-8-4-5-9-16(15)11-18(17)20-21(24-13-25-22(19)20)14-6-2-1-3-7-14/h1-13H,23H2. The molecular formula is C22H15N3. The molecule has 0 amide bonds. The summed E-state index contributed by atoms with van der Waals surface area (Å²) in [5.41, 5.74) is 9.78. The molecule has 0 bridgehead atoms. The number of hydrogen-bond acceptors (Lipinski definition) is 3. The van der Waals surface area contributed by atoms with Gasteiger partial charge in [-0.15, -0.1) is 0 Å². The van der Waals surface area contributed by atoms with E-state index in [-0.39, 0.29) is 0 Å². The first kappa shape index (κ1) is 13.9. The fraction of sp³-hybridized carbons (Fsp3) is 0. The third kappa shape index (κ3) is 2.13. The number of aromatic nitrogens is 2. The zero-order valence-electron chi connectivity index (χ0n) is 13.5. The van der Waals surface area contributed by atoms with E-state index in [0.29, 0.717) is 5.69 Å². The van der Waals surface area contributed by atoms with E-state index < -0.39 is 0 Å². The maximum atomic E-state index is 6.32. The van der Waals surface area contributed by atoms with Crippen molar-refractivity contribution in [1.82, 2.24) is 9.97 Å². The van der Waals surface area contributed by atoms with Crippen LogP contribution in [0.2, 0.25) is 0 Å². The fourth-order valence-corrected chi connectivity index (χ4v) is 3.50. The van der Waals surface area contributed by atoms with Crippen molar-refractivity contribution in [2.45, 2.75) is 0 Å². The minimum atomic E-state index is 0.678. The van der Waals surface area contributed by atoms with Crippen molar-refractivity contribution in [2.75, 3.05) is 5.73 Å². The van der Waals surface area contributed by atoms with Crippen LogP contribution < -0.4 is 5.73 Å². The average molecular weight is 321 g/mol. The van der Waals surface area contributed by atoms with Gasteiger partial charge >= 0.3 is 0 Å². The van der Waals surface area contributed by atoms with E-state index in [2.05, 4.69) is 58.5 Å². The van der Waals surface area contributed by atoms with E-state index in [1.165, 1.54) is 10.8 Å².